The molecule has 1 saturated carbocycles. The molecule has 0 spiro atoms. The van der Waals surface area contributed by atoms with Crippen molar-refractivity contribution in [2.24, 2.45) is 7.05 Å². The Kier molecular flexibility index (Phi) is 7.73. The Hall–Kier alpha value is -2.30. The summed E-state index contributed by atoms with van der Waals surface area (Å²) in [7, 11) is 1.78. The van der Waals surface area contributed by atoms with Crippen LogP contribution in [0.3, 0.4) is 0 Å². The zero-order chi connectivity index (χ0) is 22.6. The average Bonchev–Trinajstić information content (AvgIpc) is 3.39. The highest BCUT2D eigenvalue weighted by molar-refractivity contribution is 6.31. The molecular weight excluding hydrogens is 408 g/mol. The molecule has 2 unspecified atom stereocenters. The predicted octanol–water partition coefficient (Wildman–Crippen LogP) is 2.74. The van der Waals surface area contributed by atoms with Gasteiger partial charge in [0.15, 0.2) is 17.3 Å². The number of fused-ring (bicyclic) bond motifs is 1. The molecule has 30 heavy (non-hydrogen) atoms. The van der Waals surface area contributed by atoms with Gasteiger partial charge in [-0.25, -0.2) is 9.97 Å². The Morgan fingerprint density at radius 2 is 1.87 bits per heavy atom. The van der Waals surface area contributed by atoms with Gasteiger partial charge in [0, 0.05) is 17.5 Å². The lowest BCUT2D eigenvalue weighted by Crippen LogP contribution is -2.15. The third-order valence-electron chi connectivity index (χ3n) is 4.63. The van der Waals surface area contributed by atoms with Gasteiger partial charge in [-0.15, -0.1) is 10.2 Å². The molecule has 0 aromatic carbocycles. The van der Waals surface area contributed by atoms with E-state index in [4.69, 9.17) is 27.5 Å². The molecule has 0 amide bonds. The van der Waals surface area contributed by atoms with Gasteiger partial charge in [-0.1, -0.05) is 25.4 Å². The molecule has 166 valence electrons. The summed E-state index contributed by atoms with van der Waals surface area (Å²) in [5.74, 6) is -0.384. The lowest BCUT2D eigenvalue weighted by Gasteiger charge is -2.13. The minimum atomic E-state index is -1.50. The van der Waals surface area contributed by atoms with Crippen molar-refractivity contribution in [2.45, 2.75) is 71.6 Å². The zero-order valence-corrected chi connectivity index (χ0v) is 19.1. The van der Waals surface area contributed by atoms with E-state index < -0.39 is 5.79 Å². The molecule has 0 saturated heterocycles. The number of imidazole rings is 1. The topological polar surface area (TPSA) is 141 Å². The minimum Gasteiger partial charge on any atom is -0.397 e. The van der Waals surface area contributed by atoms with Crippen LogP contribution in [0.4, 0.5) is 5.69 Å². The maximum Gasteiger partial charge on any atom is 0.177 e. The monoisotopic (exact) mass is 438 g/mol. The van der Waals surface area contributed by atoms with Crippen LogP contribution in [0.15, 0.2) is 6.33 Å². The molecule has 10 nitrogen and oxygen atoms in total. The summed E-state index contributed by atoms with van der Waals surface area (Å²) in [5, 5.41) is 29.0. The summed E-state index contributed by atoms with van der Waals surface area (Å²) >= 11 is 6.19. The molecular formula is C19H31ClN8O2. The normalized spacial score (nSPS) is 18.6. The second-order valence-corrected chi connectivity index (χ2v) is 7.92. The van der Waals surface area contributed by atoms with Gasteiger partial charge in [0.2, 0.25) is 0 Å². The fourth-order valence-corrected chi connectivity index (χ4v) is 3.48. The van der Waals surface area contributed by atoms with Gasteiger partial charge in [-0.05, 0) is 45.2 Å². The number of aryl methyl sites for hydroxylation is 1. The van der Waals surface area contributed by atoms with Gasteiger partial charge in [0.1, 0.15) is 10.7 Å². The second kappa shape index (κ2) is 9.67. The van der Waals surface area contributed by atoms with E-state index in [0.717, 1.165) is 36.3 Å². The quantitative estimate of drug-likeness (QED) is 0.409. The molecule has 2 atom stereocenters. The van der Waals surface area contributed by atoms with Crippen molar-refractivity contribution in [1.82, 2.24) is 34.7 Å². The van der Waals surface area contributed by atoms with E-state index in [2.05, 4.69) is 29.9 Å². The van der Waals surface area contributed by atoms with E-state index in [1.807, 2.05) is 20.8 Å². The molecule has 3 heterocycles. The number of pyridine rings is 1. The van der Waals surface area contributed by atoms with Crippen LogP contribution >= 0.6 is 11.6 Å². The van der Waals surface area contributed by atoms with Crippen LogP contribution in [0.1, 0.15) is 70.3 Å². The highest BCUT2D eigenvalue weighted by Gasteiger charge is 2.31. The Morgan fingerprint density at radius 3 is 2.43 bits per heavy atom. The Labute approximate surface area is 181 Å². The maximum atomic E-state index is 8.08. The predicted molar refractivity (Wildman–Crippen MR) is 116 cm³/mol. The molecule has 4 N–H and O–H groups in total. The number of nitrogens with two attached hydrogens (primary N) is 1. The number of aromatic nitrogens is 7. The third-order valence-corrected chi connectivity index (χ3v) is 5.00. The van der Waals surface area contributed by atoms with Crippen LogP contribution in [-0.4, -0.2) is 50.7 Å². The molecule has 1 aliphatic rings. The lowest BCUT2D eigenvalue weighted by atomic mass is 10.1. The number of nitrogen functional groups attached to an aromatic ring is 1. The van der Waals surface area contributed by atoms with Crippen molar-refractivity contribution in [2.75, 3.05) is 5.73 Å². The van der Waals surface area contributed by atoms with E-state index in [0.29, 0.717) is 28.3 Å². The Bertz CT molecular complexity index is 973. The minimum absolute atomic E-state index is 0.291. The highest BCUT2D eigenvalue weighted by atomic mass is 35.5. The van der Waals surface area contributed by atoms with Gasteiger partial charge < -0.3 is 20.5 Å². The standard InChI is InChI=1S/C14H17ClN8.C3H8O2.C2H6/c1-7-10(16)11-14(18-12(7)15)23(6-17-11)9-4-3-8(5-9)13-19-21-22(2)20-13;1-3(2,4)5;1-2/h6,8-9H,3-5H2,1-2H3,(H2,16,18);4-5H,1-2H3;1-2H3. The van der Waals surface area contributed by atoms with E-state index in [1.54, 1.807) is 13.4 Å². The first-order valence-electron chi connectivity index (χ1n) is 10.0. The van der Waals surface area contributed by atoms with E-state index in [1.165, 1.54) is 18.6 Å². The molecule has 1 aliphatic carbocycles. The lowest BCUT2D eigenvalue weighted by molar-refractivity contribution is -0.127. The van der Waals surface area contributed by atoms with Gasteiger partial charge in [-0.3, -0.25) is 0 Å². The summed E-state index contributed by atoms with van der Waals surface area (Å²) in [6.45, 7) is 8.45. The third kappa shape index (κ3) is 5.65. The van der Waals surface area contributed by atoms with Gasteiger partial charge in [0.05, 0.1) is 19.1 Å². The van der Waals surface area contributed by atoms with Crippen molar-refractivity contribution >= 4 is 28.5 Å². The molecule has 11 heteroatoms. The van der Waals surface area contributed by atoms with Gasteiger partial charge in [0.25, 0.3) is 0 Å². The second-order valence-electron chi connectivity index (χ2n) is 7.56. The Morgan fingerprint density at radius 1 is 1.23 bits per heavy atom. The maximum absolute atomic E-state index is 8.08. The number of halogens is 1. The van der Waals surface area contributed by atoms with Crippen LogP contribution < -0.4 is 5.73 Å². The number of hydrogen-bond donors (Lipinski definition) is 3. The van der Waals surface area contributed by atoms with E-state index in [-0.39, 0.29) is 0 Å². The van der Waals surface area contributed by atoms with Crippen molar-refractivity contribution in [3.05, 3.63) is 22.9 Å². The summed E-state index contributed by atoms with van der Waals surface area (Å²) in [6, 6.07) is 0.291. The summed E-state index contributed by atoms with van der Waals surface area (Å²) in [6.07, 6.45) is 4.78. The summed E-state index contributed by atoms with van der Waals surface area (Å²) in [4.78, 5) is 10.4. The highest BCUT2D eigenvalue weighted by Crippen LogP contribution is 2.41. The van der Waals surface area contributed by atoms with Crippen LogP contribution in [-0.2, 0) is 7.05 Å². The number of aliphatic hydroxyl groups is 2. The van der Waals surface area contributed by atoms with Crippen molar-refractivity contribution in [3.63, 3.8) is 0 Å². The summed E-state index contributed by atoms with van der Waals surface area (Å²) in [5.41, 5.74) is 8.96. The van der Waals surface area contributed by atoms with E-state index >= 15 is 0 Å². The van der Waals surface area contributed by atoms with Gasteiger partial charge in [-0.2, -0.15) is 4.80 Å². The fraction of sp³-hybridized carbons (Fsp3) is 0.632. The van der Waals surface area contributed by atoms with Crippen LogP contribution in [0.2, 0.25) is 5.15 Å². The first kappa shape index (κ1) is 24.0. The molecule has 3 aromatic rings. The molecule has 0 radical (unpaired) electrons. The molecule has 4 rings (SSSR count). The zero-order valence-electron chi connectivity index (χ0n) is 18.3. The summed E-state index contributed by atoms with van der Waals surface area (Å²) < 4.78 is 2.08. The van der Waals surface area contributed by atoms with E-state index in [9.17, 15) is 0 Å². The van der Waals surface area contributed by atoms with Crippen LogP contribution in [0.5, 0.6) is 0 Å². The fourth-order valence-electron chi connectivity index (χ4n) is 3.30. The molecule has 0 bridgehead atoms. The van der Waals surface area contributed by atoms with Crippen molar-refractivity contribution in [1.29, 1.82) is 0 Å². The van der Waals surface area contributed by atoms with Gasteiger partial charge >= 0.3 is 0 Å². The molecule has 1 fully saturated rings. The average molecular weight is 439 g/mol. The Balaban J connectivity index is 0.000000404. The SMILES string of the molecule is CC.CC(C)(O)O.Cc1c(Cl)nc2c(ncn2C2CCC(c3nnn(C)n3)C2)c1N. The largest absolute Gasteiger partial charge is 0.397 e. The first-order chi connectivity index (χ1) is 14.0. The first-order valence-corrected chi connectivity index (χ1v) is 10.4. The number of tetrazole rings is 1. The number of nitrogens with zero attached hydrogens (tertiary/aromatic N) is 7. The number of rotatable bonds is 2. The van der Waals surface area contributed by atoms with Crippen molar-refractivity contribution in [3.8, 4) is 0 Å². The number of hydrogen-bond acceptors (Lipinski definition) is 8. The van der Waals surface area contributed by atoms with Crippen molar-refractivity contribution < 1.29 is 10.2 Å². The molecule has 0 aliphatic heterocycles. The van der Waals surface area contributed by atoms with Crippen LogP contribution in [0, 0.1) is 6.92 Å². The molecule has 3 aromatic heterocycles. The van der Waals surface area contributed by atoms with Crippen LogP contribution in [0.25, 0.3) is 11.2 Å². The smallest absolute Gasteiger partial charge is 0.177 e. The number of anilines is 1.